The van der Waals surface area contributed by atoms with Crippen LogP contribution in [0.25, 0.3) is 0 Å². The standard InChI is InChI=1S/C17H20BrFN2/c1-3-20-11-14-7-8-15(18)10-17(14)21(2)12-13-5-4-6-16(19)9-13/h4-10,20H,3,11-12H2,1-2H3. The third kappa shape index (κ3) is 4.55. The van der Waals surface area contributed by atoms with Crippen molar-refractivity contribution in [1.29, 1.82) is 0 Å². The SMILES string of the molecule is CCNCc1ccc(Br)cc1N(C)Cc1cccc(F)c1. The van der Waals surface area contributed by atoms with Gasteiger partial charge in [-0.3, -0.25) is 0 Å². The monoisotopic (exact) mass is 350 g/mol. The molecule has 0 saturated carbocycles. The number of hydrogen-bond donors (Lipinski definition) is 1. The van der Waals surface area contributed by atoms with Crippen molar-refractivity contribution >= 4 is 21.6 Å². The topological polar surface area (TPSA) is 15.3 Å². The van der Waals surface area contributed by atoms with E-state index in [0.717, 1.165) is 28.8 Å². The van der Waals surface area contributed by atoms with Crippen LogP contribution >= 0.6 is 15.9 Å². The zero-order chi connectivity index (χ0) is 15.2. The molecule has 21 heavy (non-hydrogen) atoms. The maximum Gasteiger partial charge on any atom is 0.123 e. The van der Waals surface area contributed by atoms with Gasteiger partial charge in [-0.25, -0.2) is 4.39 Å². The van der Waals surface area contributed by atoms with E-state index in [2.05, 4.69) is 45.2 Å². The maximum absolute atomic E-state index is 13.3. The van der Waals surface area contributed by atoms with Gasteiger partial charge >= 0.3 is 0 Å². The first-order valence-corrected chi connectivity index (χ1v) is 7.84. The van der Waals surface area contributed by atoms with Crippen molar-refractivity contribution in [2.75, 3.05) is 18.5 Å². The molecule has 0 aliphatic heterocycles. The number of halogens is 2. The van der Waals surface area contributed by atoms with E-state index in [-0.39, 0.29) is 5.82 Å². The summed E-state index contributed by atoms with van der Waals surface area (Å²) in [7, 11) is 2.03. The summed E-state index contributed by atoms with van der Waals surface area (Å²) >= 11 is 3.52. The highest BCUT2D eigenvalue weighted by atomic mass is 79.9. The molecule has 0 heterocycles. The predicted octanol–water partition coefficient (Wildman–Crippen LogP) is 4.33. The Balaban J connectivity index is 2.20. The Morgan fingerprint density at radius 1 is 1.19 bits per heavy atom. The third-order valence-electron chi connectivity index (χ3n) is 3.33. The van der Waals surface area contributed by atoms with Gasteiger partial charge in [0.05, 0.1) is 0 Å². The van der Waals surface area contributed by atoms with E-state index in [1.54, 1.807) is 12.1 Å². The second-order valence-corrected chi connectivity index (χ2v) is 5.96. The van der Waals surface area contributed by atoms with Gasteiger partial charge in [0.1, 0.15) is 5.82 Å². The normalized spacial score (nSPS) is 10.7. The van der Waals surface area contributed by atoms with Gasteiger partial charge in [-0.2, -0.15) is 0 Å². The van der Waals surface area contributed by atoms with Crippen molar-refractivity contribution < 1.29 is 4.39 Å². The van der Waals surface area contributed by atoms with Gasteiger partial charge in [0.15, 0.2) is 0 Å². The molecule has 2 rings (SSSR count). The van der Waals surface area contributed by atoms with Crippen LogP contribution in [0.1, 0.15) is 18.1 Å². The molecule has 0 amide bonds. The largest absolute Gasteiger partial charge is 0.370 e. The molecular formula is C17H20BrFN2. The average molecular weight is 351 g/mol. The van der Waals surface area contributed by atoms with E-state index >= 15 is 0 Å². The van der Waals surface area contributed by atoms with Crippen LogP contribution in [0.15, 0.2) is 46.9 Å². The van der Waals surface area contributed by atoms with Gasteiger partial charge < -0.3 is 10.2 Å². The Hall–Kier alpha value is -1.39. The Morgan fingerprint density at radius 3 is 2.71 bits per heavy atom. The predicted molar refractivity (Wildman–Crippen MR) is 90.0 cm³/mol. The molecule has 0 radical (unpaired) electrons. The summed E-state index contributed by atoms with van der Waals surface area (Å²) in [4.78, 5) is 2.15. The highest BCUT2D eigenvalue weighted by molar-refractivity contribution is 9.10. The van der Waals surface area contributed by atoms with E-state index in [9.17, 15) is 4.39 Å². The summed E-state index contributed by atoms with van der Waals surface area (Å²) in [5, 5.41) is 3.35. The second-order valence-electron chi connectivity index (χ2n) is 5.04. The molecule has 0 unspecified atom stereocenters. The molecule has 0 aliphatic rings. The fourth-order valence-corrected chi connectivity index (χ4v) is 2.64. The summed E-state index contributed by atoms with van der Waals surface area (Å²) < 4.78 is 14.3. The van der Waals surface area contributed by atoms with Crippen molar-refractivity contribution in [3.63, 3.8) is 0 Å². The summed E-state index contributed by atoms with van der Waals surface area (Å²) in [5.41, 5.74) is 3.35. The third-order valence-corrected chi connectivity index (χ3v) is 3.83. The van der Waals surface area contributed by atoms with Gasteiger partial charge in [0.2, 0.25) is 0 Å². The van der Waals surface area contributed by atoms with Crippen LogP contribution in [0.2, 0.25) is 0 Å². The van der Waals surface area contributed by atoms with Crippen molar-refractivity contribution in [3.8, 4) is 0 Å². The molecule has 4 heteroatoms. The van der Waals surface area contributed by atoms with Crippen molar-refractivity contribution in [1.82, 2.24) is 5.32 Å². The Bertz CT molecular complexity index is 601. The number of nitrogens with one attached hydrogen (secondary N) is 1. The van der Waals surface area contributed by atoms with Crippen molar-refractivity contribution in [2.24, 2.45) is 0 Å². The number of hydrogen-bond acceptors (Lipinski definition) is 2. The molecule has 0 atom stereocenters. The number of benzene rings is 2. The molecule has 0 saturated heterocycles. The second kappa shape index (κ2) is 7.57. The first-order valence-electron chi connectivity index (χ1n) is 7.05. The van der Waals surface area contributed by atoms with Crippen LogP contribution in [0.4, 0.5) is 10.1 Å². The van der Waals surface area contributed by atoms with Crippen LogP contribution in [0, 0.1) is 5.82 Å². The molecule has 0 fully saturated rings. The lowest BCUT2D eigenvalue weighted by Crippen LogP contribution is -2.20. The minimum atomic E-state index is -0.192. The smallest absolute Gasteiger partial charge is 0.123 e. The van der Waals surface area contributed by atoms with Crippen molar-refractivity contribution in [3.05, 3.63) is 63.9 Å². The van der Waals surface area contributed by atoms with E-state index < -0.39 is 0 Å². The zero-order valence-electron chi connectivity index (χ0n) is 12.4. The number of anilines is 1. The average Bonchev–Trinajstić information content (AvgIpc) is 2.46. The fourth-order valence-electron chi connectivity index (χ4n) is 2.30. The van der Waals surface area contributed by atoms with Gasteiger partial charge in [-0.05, 0) is 41.9 Å². The number of nitrogens with zero attached hydrogens (tertiary/aromatic N) is 1. The van der Waals surface area contributed by atoms with E-state index in [0.29, 0.717) is 6.54 Å². The van der Waals surface area contributed by atoms with E-state index in [1.807, 2.05) is 19.2 Å². The first-order chi connectivity index (χ1) is 10.1. The molecule has 2 aromatic carbocycles. The molecule has 0 aromatic heterocycles. The van der Waals surface area contributed by atoms with Gasteiger partial charge in [0, 0.05) is 30.3 Å². The maximum atomic E-state index is 13.3. The molecule has 0 aliphatic carbocycles. The quantitative estimate of drug-likeness (QED) is 0.833. The van der Waals surface area contributed by atoms with Crippen LogP contribution in [-0.2, 0) is 13.1 Å². The van der Waals surface area contributed by atoms with Crippen LogP contribution in [0.3, 0.4) is 0 Å². The Kier molecular flexibility index (Phi) is 5.76. The van der Waals surface area contributed by atoms with E-state index in [4.69, 9.17) is 0 Å². The Labute approximate surface area is 134 Å². The highest BCUT2D eigenvalue weighted by Crippen LogP contribution is 2.25. The molecule has 0 bridgehead atoms. The minimum Gasteiger partial charge on any atom is -0.370 e. The summed E-state index contributed by atoms with van der Waals surface area (Å²) in [6.45, 7) is 4.53. The lowest BCUT2D eigenvalue weighted by Gasteiger charge is -2.23. The fraction of sp³-hybridized carbons (Fsp3) is 0.294. The van der Waals surface area contributed by atoms with Gasteiger partial charge in [-0.15, -0.1) is 0 Å². The van der Waals surface area contributed by atoms with Crippen molar-refractivity contribution in [2.45, 2.75) is 20.0 Å². The summed E-state index contributed by atoms with van der Waals surface area (Å²) in [6, 6.07) is 13.0. The lowest BCUT2D eigenvalue weighted by atomic mass is 10.1. The molecule has 2 aromatic rings. The number of rotatable bonds is 6. The van der Waals surface area contributed by atoms with Gasteiger partial charge in [-0.1, -0.05) is 41.1 Å². The molecule has 1 N–H and O–H groups in total. The summed E-state index contributed by atoms with van der Waals surface area (Å²) in [5.74, 6) is -0.192. The molecule has 2 nitrogen and oxygen atoms in total. The van der Waals surface area contributed by atoms with Crippen LogP contribution in [-0.4, -0.2) is 13.6 Å². The van der Waals surface area contributed by atoms with Crippen LogP contribution < -0.4 is 10.2 Å². The lowest BCUT2D eigenvalue weighted by molar-refractivity contribution is 0.625. The molecule has 112 valence electrons. The van der Waals surface area contributed by atoms with Crippen LogP contribution in [0.5, 0.6) is 0 Å². The zero-order valence-corrected chi connectivity index (χ0v) is 14.0. The highest BCUT2D eigenvalue weighted by Gasteiger charge is 2.09. The van der Waals surface area contributed by atoms with E-state index in [1.165, 1.54) is 11.6 Å². The Morgan fingerprint density at radius 2 is 2.00 bits per heavy atom. The summed E-state index contributed by atoms with van der Waals surface area (Å²) in [6.07, 6.45) is 0. The molecule has 0 spiro atoms. The molecular weight excluding hydrogens is 331 g/mol. The minimum absolute atomic E-state index is 0.192. The van der Waals surface area contributed by atoms with Gasteiger partial charge in [0.25, 0.3) is 0 Å². The first kappa shape index (κ1) is 16.0.